The van der Waals surface area contributed by atoms with Crippen molar-refractivity contribution in [3.63, 3.8) is 0 Å². The molecule has 0 aliphatic rings. The third kappa shape index (κ3) is 2.61. The van der Waals surface area contributed by atoms with Crippen molar-refractivity contribution in [3.05, 3.63) is 23.0 Å². The van der Waals surface area contributed by atoms with Gasteiger partial charge in [-0.2, -0.15) is 0 Å². The Labute approximate surface area is 108 Å². The Hall–Kier alpha value is -1.62. The Balaban J connectivity index is 3.44. The molecule has 0 saturated carbocycles. The number of hydrogen-bond acceptors (Lipinski definition) is 4. The summed E-state index contributed by atoms with van der Waals surface area (Å²) < 4.78 is 0. The van der Waals surface area contributed by atoms with Crippen LogP contribution in [0.3, 0.4) is 0 Å². The molecule has 5 heteroatoms. The molecule has 0 unspecified atom stereocenters. The first-order valence-electron chi connectivity index (χ1n) is 5.88. The zero-order valence-corrected chi connectivity index (χ0v) is 11.7. The topological polar surface area (TPSA) is 86.2 Å². The van der Waals surface area contributed by atoms with Gasteiger partial charge in [-0.15, -0.1) is 0 Å². The average molecular weight is 250 g/mol. The number of aliphatic hydroxyl groups excluding tert-OH is 1. The maximum atomic E-state index is 9.45. The van der Waals surface area contributed by atoms with Crippen LogP contribution in [0.15, 0.2) is 6.07 Å². The number of aryl methyl sites for hydroxylation is 2. The van der Waals surface area contributed by atoms with E-state index in [9.17, 15) is 5.11 Å². The second kappa shape index (κ2) is 4.94. The van der Waals surface area contributed by atoms with E-state index in [0.717, 1.165) is 17.1 Å². The summed E-state index contributed by atoms with van der Waals surface area (Å²) in [6.07, 6.45) is 0. The van der Waals surface area contributed by atoms with Crippen molar-refractivity contribution in [2.75, 3.05) is 18.6 Å². The molecule has 0 aliphatic heterocycles. The maximum absolute atomic E-state index is 9.45. The first-order valence-corrected chi connectivity index (χ1v) is 5.88. The number of amidine groups is 1. The highest BCUT2D eigenvalue weighted by molar-refractivity contribution is 6.01. The lowest BCUT2D eigenvalue weighted by Crippen LogP contribution is -2.45. The van der Waals surface area contributed by atoms with Gasteiger partial charge >= 0.3 is 0 Å². The first kappa shape index (κ1) is 14.4. The molecule has 1 aromatic rings. The Bertz CT molecular complexity index is 468. The molecule has 0 fully saturated rings. The highest BCUT2D eigenvalue weighted by atomic mass is 16.3. The van der Waals surface area contributed by atoms with Crippen molar-refractivity contribution in [1.82, 2.24) is 4.98 Å². The van der Waals surface area contributed by atoms with Crippen LogP contribution in [-0.2, 0) is 0 Å². The van der Waals surface area contributed by atoms with E-state index in [0.29, 0.717) is 5.56 Å². The molecule has 100 valence electrons. The largest absolute Gasteiger partial charge is 0.394 e. The lowest BCUT2D eigenvalue weighted by molar-refractivity contribution is 0.216. The molecule has 0 radical (unpaired) electrons. The smallest absolute Gasteiger partial charge is 0.126 e. The number of pyridine rings is 1. The number of likely N-dealkylation sites (N-methyl/N-ethyl adjacent to an activating group) is 1. The summed E-state index contributed by atoms with van der Waals surface area (Å²) >= 11 is 0. The van der Waals surface area contributed by atoms with Gasteiger partial charge in [0.25, 0.3) is 0 Å². The van der Waals surface area contributed by atoms with Gasteiger partial charge in [0.05, 0.1) is 29.1 Å². The van der Waals surface area contributed by atoms with Crippen LogP contribution in [0, 0.1) is 19.3 Å². The third-order valence-corrected chi connectivity index (χ3v) is 3.23. The average Bonchev–Trinajstić information content (AvgIpc) is 2.26. The number of anilines is 1. The molecule has 5 nitrogen and oxygen atoms in total. The van der Waals surface area contributed by atoms with E-state index in [1.165, 1.54) is 0 Å². The molecule has 1 heterocycles. The quantitative estimate of drug-likeness (QED) is 0.553. The van der Waals surface area contributed by atoms with E-state index in [1.807, 2.05) is 45.7 Å². The van der Waals surface area contributed by atoms with E-state index in [2.05, 4.69) is 4.98 Å². The van der Waals surface area contributed by atoms with Crippen LogP contribution in [0.2, 0.25) is 0 Å². The Morgan fingerprint density at radius 1 is 1.50 bits per heavy atom. The molecular weight excluding hydrogens is 228 g/mol. The second-order valence-corrected chi connectivity index (χ2v) is 5.19. The molecule has 1 rings (SSSR count). The second-order valence-electron chi connectivity index (χ2n) is 5.19. The van der Waals surface area contributed by atoms with Gasteiger partial charge in [0.1, 0.15) is 5.84 Å². The standard InChI is InChI=1S/C13H22N4O/c1-8-6-10(17(5)13(3,4)7-18)11(12(14)15)9(2)16-8/h6,18H,7H2,1-5H3,(H3,14,15). The first-order chi connectivity index (χ1) is 8.20. The van der Waals surface area contributed by atoms with Crippen LogP contribution >= 0.6 is 0 Å². The van der Waals surface area contributed by atoms with Gasteiger partial charge in [-0.1, -0.05) is 0 Å². The molecule has 0 amide bonds. The van der Waals surface area contributed by atoms with Crippen molar-refractivity contribution in [2.24, 2.45) is 5.73 Å². The number of hydrogen-bond donors (Lipinski definition) is 3. The van der Waals surface area contributed by atoms with Gasteiger partial charge in [0, 0.05) is 12.7 Å². The minimum Gasteiger partial charge on any atom is -0.394 e. The van der Waals surface area contributed by atoms with Gasteiger partial charge < -0.3 is 15.7 Å². The fraction of sp³-hybridized carbons (Fsp3) is 0.538. The maximum Gasteiger partial charge on any atom is 0.126 e. The summed E-state index contributed by atoms with van der Waals surface area (Å²) in [6.45, 7) is 7.62. The number of nitrogens with one attached hydrogen (secondary N) is 1. The predicted octanol–water partition coefficient (Wildman–Crippen LogP) is 1.19. The number of rotatable bonds is 4. The summed E-state index contributed by atoms with van der Waals surface area (Å²) in [7, 11) is 1.89. The van der Waals surface area contributed by atoms with Crippen molar-refractivity contribution in [3.8, 4) is 0 Å². The number of aromatic nitrogens is 1. The highest BCUT2D eigenvalue weighted by Gasteiger charge is 2.26. The van der Waals surface area contributed by atoms with Crippen LogP contribution in [-0.4, -0.2) is 35.1 Å². The SMILES string of the molecule is Cc1cc(N(C)C(C)(C)CO)c(C(=N)N)c(C)n1. The zero-order chi connectivity index (χ0) is 14.1. The molecule has 0 spiro atoms. The van der Waals surface area contributed by atoms with Crippen LogP contribution in [0.1, 0.15) is 30.8 Å². The molecule has 0 aliphatic carbocycles. The molecule has 0 atom stereocenters. The van der Waals surface area contributed by atoms with Crippen LogP contribution in [0.5, 0.6) is 0 Å². The minimum atomic E-state index is -0.426. The summed E-state index contributed by atoms with van der Waals surface area (Å²) in [4.78, 5) is 6.27. The van der Waals surface area contributed by atoms with E-state index < -0.39 is 5.54 Å². The van der Waals surface area contributed by atoms with Crippen LogP contribution < -0.4 is 10.6 Å². The van der Waals surface area contributed by atoms with Crippen molar-refractivity contribution in [2.45, 2.75) is 33.2 Å². The minimum absolute atomic E-state index is 0.00408. The summed E-state index contributed by atoms with van der Waals surface area (Å²) in [5.41, 5.74) is 8.27. The normalized spacial score (nSPS) is 11.4. The highest BCUT2D eigenvalue weighted by Crippen LogP contribution is 2.28. The van der Waals surface area contributed by atoms with Gasteiger partial charge in [-0.25, -0.2) is 0 Å². The van der Waals surface area contributed by atoms with Crippen molar-refractivity contribution in [1.29, 1.82) is 5.41 Å². The lowest BCUT2D eigenvalue weighted by Gasteiger charge is -2.37. The zero-order valence-electron chi connectivity index (χ0n) is 11.7. The number of aliphatic hydroxyl groups is 1. The van der Waals surface area contributed by atoms with Crippen molar-refractivity contribution >= 4 is 11.5 Å². The summed E-state index contributed by atoms with van der Waals surface area (Å²) in [5, 5.41) is 17.1. The number of nitrogens with two attached hydrogens (primary N) is 1. The van der Waals surface area contributed by atoms with E-state index >= 15 is 0 Å². The lowest BCUT2D eigenvalue weighted by atomic mass is 10.0. The van der Waals surface area contributed by atoms with Gasteiger partial charge in [0.15, 0.2) is 0 Å². The number of nitrogens with zero attached hydrogens (tertiary/aromatic N) is 2. The fourth-order valence-corrected chi connectivity index (χ4v) is 1.84. The van der Waals surface area contributed by atoms with E-state index in [1.54, 1.807) is 0 Å². The monoisotopic (exact) mass is 250 g/mol. The summed E-state index contributed by atoms with van der Waals surface area (Å²) in [6, 6.07) is 1.89. The third-order valence-electron chi connectivity index (χ3n) is 3.23. The van der Waals surface area contributed by atoms with Gasteiger partial charge in [0.2, 0.25) is 0 Å². The Morgan fingerprint density at radius 3 is 2.50 bits per heavy atom. The van der Waals surface area contributed by atoms with Crippen LogP contribution in [0.25, 0.3) is 0 Å². The van der Waals surface area contributed by atoms with Gasteiger partial charge in [-0.3, -0.25) is 10.4 Å². The molecule has 1 aromatic heterocycles. The molecule has 18 heavy (non-hydrogen) atoms. The van der Waals surface area contributed by atoms with Crippen LogP contribution in [0.4, 0.5) is 5.69 Å². The Kier molecular flexibility index (Phi) is 3.96. The molecule has 0 aromatic carbocycles. The predicted molar refractivity (Wildman–Crippen MR) is 74.3 cm³/mol. The van der Waals surface area contributed by atoms with Crippen molar-refractivity contribution < 1.29 is 5.11 Å². The van der Waals surface area contributed by atoms with E-state index in [4.69, 9.17) is 11.1 Å². The number of nitrogen functional groups attached to an aromatic ring is 1. The Morgan fingerprint density at radius 2 is 2.06 bits per heavy atom. The summed E-state index contributed by atoms with van der Waals surface area (Å²) in [5.74, 6) is -0.00408. The molecule has 0 bridgehead atoms. The van der Waals surface area contributed by atoms with Gasteiger partial charge in [-0.05, 0) is 33.8 Å². The fourth-order valence-electron chi connectivity index (χ4n) is 1.84. The molecule has 4 N–H and O–H groups in total. The van der Waals surface area contributed by atoms with E-state index in [-0.39, 0.29) is 12.4 Å². The molecule has 0 saturated heterocycles. The molecular formula is C13H22N4O.